The molecule has 0 saturated carbocycles. The Morgan fingerprint density at radius 2 is 1.92 bits per heavy atom. The van der Waals surface area contributed by atoms with Crippen LogP contribution in [0.4, 0.5) is 0 Å². The van der Waals surface area contributed by atoms with Gasteiger partial charge in [0.1, 0.15) is 11.5 Å². The van der Waals surface area contributed by atoms with Crippen LogP contribution in [0.15, 0.2) is 31.1 Å². The molecule has 0 aliphatic carbocycles. The van der Waals surface area contributed by atoms with Crippen LogP contribution in [0, 0.1) is 6.92 Å². The molecule has 132 valence electrons. The van der Waals surface area contributed by atoms with E-state index in [4.69, 9.17) is 4.98 Å². The molecule has 0 radical (unpaired) electrons. The maximum Gasteiger partial charge on any atom is 0.180 e. The number of carbonyl (C=O) groups is 2. The molecule has 0 unspecified atom stereocenters. The fourth-order valence-electron chi connectivity index (χ4n) is 2.82. The molecule has 0 aromatic carbocycles. The lowest BCUT2D eigenvalue weighted by Gasteiger charge is -2.08. The number of ketones is 2. The van der Waals surface area contributed by atoms with Gasteiger partial charge in [-0.2, -0.15) is 5.10 Å². The summed E-state index contributed by atoms with van der Waals surface area (Å²) in [6.07, 6.45) is 5.61. The Bertz CT molecular complexity index is 1020. The van der Waals surface area contributed by atoms with Gasteiger partial charge >= 0.3 is 0 Å². The monoisotopic (exact) mass is 349 g/mol. The third-order valence-corrected chi connectivity index (χ3v) is 3.92. The Morgan fingerprint density at radius 3 is 2.50 bits per heavy atom. The molecule has 0 aliphatic rings. The Labute approximate surface area is 150 Å². The highest BCUT2D eigenvalue weighted by molar-refractivity contribution is 6.06. The van der Waals surface area contributed by atoms with E-state index >= 15 is 0 Å². The molecular weight excluding hydrogens is 330 g/mol. The van der Waals surface area contributed by atoms with Crippen LogP contribution >= 0.6 is 0 Å². The number of rotatable bonds is 6. The number of aromatic nitrogens is 5. The summed E-state index contributed by atoms with van der Waals surface area (Å²) in [6.45, 7) is 8.62. The molecule has 0 atom stereocenters. The molecule has 3 aromatic heterocycles. The summed E-state index contributed by atoms with van der Waals surface area (Å²) >= 11 is 0. The summed E-state index contributed by atoms with van der Waals surface area (Å²) in [7, 11) is 0. The van der Waals surface area contributed by atoms with Crippen molar-refractivity contribution >= 4 is 22.5 Å². The highest BCUT2D eigenvalue weighted by Gasteiger charge is 2.20. The Hall–Kier alpha value is -3.22. The van der Waals surface area contributed by atoms with Gasteiger partial charge in [0.15, 0.2) is 11.6 Å². The van der Waals surface area contributed by atoms with Gasteiger partial charge in [-0.3, -0.25) is 19.3 Å². The van der Waals surface area contributed by atoms with Crippen molar-refractivity contribution in [3.05, 3.63) is 48.3 Å². The SMILES string of the molecule is C=CCc1nc(-c2cnc(C)nc2)cc2c(C(C)=O)nn(CC(C)=O)c12. The minimum atomic E-state index is -0.167. The lowest BCUT2D eigenvalue weighted by atomic mass is 10.1. The van der Waals surface area contributed by atoms with E-state index in [2.05, 4.69) is 21.6 Å². The first-order chi connectivity index (χ1) is 12.4. The van der Waals surface area contributed by atoms with E-state index in [1.165, 1.54) is 13.8 Å². The maximum atomic E-state index is 12.1. The number of aryl methyl sites for hydroxylation is 1. The van der Waals surface area contributed by atoms with Gasteiger partial charge in [-0.1, -0.05) is 6.08 Å². The normalized spacial score (nSPS) is 10.9. The molecule has 3 rings (SSSR count). The summed E-state index contributed by atoms with van der Waals surface area (Å²) in [6, 6.07) is 1.80. The zero-order valence-corrected chi connectivity index (χ0v) is 15.0. The van der Waals surface area contributed by atoms with Crippen LogP contribution in [-0.4, -0.2) is 36.3 Å². The van der Waals surface area contributed by atoms with Crippen molar-refractivity contribution in [1.82, 2.24) is 24.7 Å². The molecule has 0 amide bonds. The Balaban J connectivity index is 2.32. The highest BCUT2D eigenvalue weighted by atomic mass is 16.1. The maximum absolute atomic E-state index is 12.1. The van der Waals surface area contributed by atoms with Crippen LogP contribution in [0.1, 0.15) is 35.9 Å². The van der Waals surface area contributed by atoms with Crippen LogP contribution in [-0.2, 0) is 17.8 Å². The van der Waals surface area contributed by atoms with Crippen molar-refractivity contribution in [2.45, 2.75) is 33.7 Å². The zero-order chi connectivity index (χ0) is 18.8. The van der Waals surface area contributed by atoms with E-state index in [0.29, 0.717) is 40.2 Å². The first kappa shape index (κ1) is 17.6. The minimum Gasteiger partial charge on any atom is -0.298 e. The van der Waals surface area contributed by atoms with Crippen molar-refractivity contribution in [3.63, 3.8) is 0 Å². The molecule has 7 nitrogen and oxygen atoms in total. The molecule has 0 bridgehead atoms. The number of pyridine rings is 1. The molecule has 0 aliphatic heterocycles. The minimum absolute atomic E-state index is 0.0509. The van der Waals surface area contributed by atoms with Crippen molar-refractivity contribution in [2.24, 2.45) is 0 Å². The molecule has 0 N–H and O–H groups in total. The zero-order valence-electron chi connectivity index (χ0n) is 15.0. The largest absolute Gasteiger partial charge is 0.298 e. The average Bonchev–Trinajstić information content (AvgIpc) is 2.94. The van der Waals surface area contributed by atoms with Gasteiger partial charge in [0.2, 0.25) is 0 Å². The number of carbonyl (C=O) groups excluding carboxylic acids is 2. The van der Waals surface area contributed by atoms with Gasteiger partial charge in [0.05, 0.1) is 23.4 Å². The van der Waals surface area contributed by atoms with Crippen molar-refractivity contribution in [2.75, 3.05) is 0 Å². The number of Topliss-reactive ketones (excluding diaryl/α,β-unsaturated/α-hetero) is 2. The fourth-order valence-corrected chi connectivity index (χ4v) is 2.82. The molecule has 7 heteroatoms. The van der Waals surface area contributed by atoms with E-state index in [9.17, 15) is 9.59 Å². The second kappa shape index (κ2) is 6.95. The Morgan fingerprint density at radius 1 is 1.23 bits per heavy atom. The molecule has 0 saturated heterocycles. The van der Waals surface area contributed by atoms with Gasteiger partial charge in [-0.25, -0.2) is 9.97 Å². The second-order valence-electron chi connectivity index (χ2n) is 6.13. The first-order valence-electron chi connectivity index (χ1n) is 8.21. The topological polar surface area (TPSA) is 90.6 Å². The molecular formula is C19H19N5O2. The molecule has 3 aromatic rings. The third-order valence-electron chi connectivity index (χ3n) is 3.92. The third kappa shape index (κ3) is 3.28. The smallest absolute Gasteiger partial charge is 0.180 e. The highest BCUT2D eigenvalue weighted by Crippen LogP contribution is 2.28. The van der Waals surface area contributed by atoms with Crippen molar-refractivity contribution < 1.29 is 9.59 Å². The fraction of sp³-hybridized carbons (Fsp3) is 0.263. The number of hydrogen-bond donors (Lipinski definition) is 0. The number of fused-ring (bicyclic) bond motifs is 1. The predicted molar refractivity (Wildman–Crippen MR) is 97.9 cm³/mol. The summed E-state index contributed by atoms with van der Waals surface area (Å²) < 4.78 is 1.55. The molecule has 0 spiro atoms. The van der Waals surface area contributed by atoms with Crippen LogP contribution in [0.2, 0.25) is 0 Å². The van der Waals surface area contributed by atoms with Crippen LogP contribution in [0.3, 0.4) is 0 Å². The number of nitrogens with zero attached hydrogens (tertiary/aromatic N) is 5. The molecule has 0 fully saturated rings. The summed E-state index contributed by atoms with van der Waals surface area (Å²) in [5.41, 5.74) is 3.11. The first-order valence-corrected chi connectivity index (χ1v) is 8.21. The average molecular weight is 349 g/mol. The van der Waals surface area contributed by atoms with Gasteiger partial charge in [0, 0.05) is 36.7 Å². The van der Waals surface area contributed by atoms with E-state index in [1.54, 1.807) is 29.2 Å². The van der Waals surface area contributed by atoms with E-state index in [-0.39, 0.29) is 18.1 Å². The van der Waals surface area contributed by atoms with Crippen LogP contribution in [0.25, 0.3) is 22.2 Å². The lowest BCUT2D eigenvalue weighted by molar-refractivity contribution is -0.117. The van der Waals surface area contributed by atoms with Gasteiger partial charge in [-0.15, -0.1) is 6.58 Å². The van der Waals surface area contributed by atoms with E-state index in [0.717, 1.165) is 5.56 Å². The quantitative estimate of drug-likeness (QED) is 0.502. The standard InChI is InChI=1S/C19H19N5O2/c1-5-6-16-19-15(18(12(3)26)23-24(19)10-11(2)25)7-17(22-16)14-8-20-13(4)21-9-14/h5,7-9H,1,6,10H2,2-4H3. The number of hydrogen-bond acceptors (Lipinski definition) is 6. The van der Waals surface area contributed by atoms with Crippen molar-refractivity contribution in [3.8, 4) is 11.3 Å². The second-order valence-corrected chi connectivity index (χ2v) is 6.13. The van der Waals surface area contributed by atoms with Gasteiger partial charge < -0.3 is 0 Å². The van der Waals surface area contributed by atoms with E-state index < -0.39 is 0 Å². The predicted octanol–water partition coefficient (Wildman–Crippen LogP) is 2.72. The summed E-state index contributed by atoms with van der Waals surface area (Å²) in [5, 5.41) is 5.03. The van der Waals surface area contributed by atoms with Crippen molar-refractivity contribution in [1.29, 1.82) is 0 Å². The number of allylic oxidation sites excluding steroid dienone is 1. The van der Waals surface area contributed by atoms with Crippen LogP contribution in [0.5, 0.6) is 0 Å². The molecule has 3 heterocycles. The Kier molecular flexibility index (Phi) is 4.71. The van der Waals surface area contributed by atoms with Gasteiger partial charge in [-0.05, 0) is 19.9 Å². The van der Waals surface area contributed by atoms with Crippen LogP contribution < -0.4 is 0 Å². The van der Waals surface area contributed by atoms with Gasteiger partial charge in [0.25, 0.3) is 0 Å². The lowest BCUT2D eigenvalue weighted by Crippen LogP contribution is -2.10. The summed E-state index contributed by atoms with van der Waals surface area (Å²) in [4.78, 5) is 36.8. The summed E-state index contributed by atoms with van der Waals surface area (Å²) in [5.74, 6) is 0.448. The molecule has 26 heavy (non-hydrogen) atoms. The van der Waals surface area contributed by atoms with E-state index in [1.807, 2.05) is 6.92 Å².